The quantitative estimate of drug-likeness (QED) is 0.566. The van der Waals surface area contributed by atoms with Gasteiger partial charge in [-0.15, -0.1) is 0 Å². The molecular weight excluding hydrogens is 395 g/mol. The van der Waals surface area contributed by atoms with E-state index in [9.17, 15) is 26.4 Å². The summed E-state index contributed by atoms with van der Waals surface area (Å²) in [5, 5.41) is 0. The molecular formula is C19H18F3NO4S. The Balaban J connectivity index is 1.76. The predicted octanol–water partition coefficient (Wildman–Crippen LogP) is 3.71. The summed E-state index contributed by atoms with van der Waals surface area (Å²) in [7, 11) is -3.79. The van der Waals surface area contributed by atoms with Gasteiger partial charge in [-0.2, -0.15) is 17.5 Å². The maximum atomic E-state index is 13.1. The topological polar surface area (TPSA) is 63.7 Å². The number of ether oxygens (including phenoxy) is 1. The summed E-state index contributed by atoms with van der Waals surface area (Å²) in [6.07, 6.45) is -3.91. The van der Waals surface area contributed by atoms with Gasteiger partial charge in [0.15, 0.2) is 0 Å². The number of piperidine rings is 1. The standard InChI is InChI=1S/C19H18F3NO4S/c20-19(21,22)16-10-4-5-11-17(16)27-18(24)14-7-6-12-23(13-14)28(25,26)15-8-2-1-3-9-15/h1-5,8-11,14H,6-7,12-13H2. The molecule has 1 unspecified atom stereocenters. The second-order valence-electron chi connectivity index (χ2n) is 6.43. The Hall–Kier alpha value is -2.39. The van der Waals surface area contributed by atoms with Crippen molar-refractivity contribution in [3.63, 3.8) is 0 Å². The van der Waals surface area contributed by atoms with Gasteiger partial charge in [0.1, 0.15) is 5.75 Å². The molecule has 1 saturated heterocycles. The van der Waals surface area contributed by atoms with E-state index in [1.54, 1.807) is 18.2 Å². The highest BCUT2D eigenvalue weighted by Gasteiger charge is 2.37. The first kappa shape index (κ1) is 20.3. The van der Waals surface area contributed by atoms with Gasteiger partial charge in [-0.05, 0) is 37.1 Å². The molecule has 3 rings (SSSR count). The van der Waals surface area contributed by atoms with Gasteiger partial charge in [-0.1, -0.05) is 30.3 Å². The average Bonchev–Trinajstić information content (AvgIpc) is 2.68. The van der Waals surface area contributed by atoms with Crippen LogP contribution in [0.1, 0.15) is 18.4 Å². The summed E-state index contributed by atoms with van der Waals surface area (Å²) in [6, 6.07) is 12.2. The number of alkyl halides is 3. The summed E-state index contributed by atoms with van der Waals surface area (Å²) >= 11 is 0. The number of carbonyl (C=O) groups is 1. The molecule has 150 valence electrons. The van der Waals surface area contributed by atoms with E-state index in [0.717, 1.165) is 12.1 Å². The van der Waals surface area contributed by atoms with Crippen LogP contribution in [0.3, 0.4) is 0 Å². The fourth-order valence-electron chi connectivity index (χ4n) is 3.08. The van der Waals surface area contributed by atoms with Crippen LogP contribution in [0, 0.1) is 5.92 Å². The lowest BCUT2D eigenvalue weighted by Gasteiger charge is -2.30. The van der Waals surface area contributed by atoms with Crippen molar-refractivity contribution in [1.82, 2.24) is 4.31 Å². The van der Waals surface area contributed by atoms with E-state index < -0.39 is 39.4 Å². The molecule has 1 atom stereocenters. The first-order valence-corrected chi connectivity index (χ1v) is 10.1. The number of rotatable bonds is 4. The Labute approximate surface area is 160 Å². The maximum Gasteiger partial charge on any atom is 0.419 e. The molecule has 0 aromatic heterocycles. The van der Waals surface area contributed by atoms with Gasteiger partial charge in [0.25, 0.3) is 0 Å². The highest BCUT2D eigenvalue weighted by Crippen LogP contribution is 2.36. The van der Waals surface area contributed by atoms with Gasteiger partial charge in [0, 0.05) is 13.1 Å². The Morgan fingerprint density at radius 3 is 2.36 bits per heavy atom. The SMILES string of the molecule is O=C(Oc1ccccc1C(F)(F)F)C1CCCN(S(=O)(=O)c2ccccc2)C1. The van der Waals surface area contributed by atoms with Crippen LogP contribution in [0.2, 0.25) is 0 Å². The van der Waals surface area contributed by atoms with Crippen LogP contribution in [-0.4, -0.2) is 31.8 Å². The van der Waals surface area contributed by atoms with Gasteiger partial charge < -0.3 is 4.74 Å². The summed E-state index contributed by atoms with van der Waals surface area (Å²) < 4.78 is 70.8. The highest BCUT2D eigenvalue weighted by molar-refractivity contribution is 7.89. The van der Waals surface area contributed by atoms with E-state index in [0.29, 0.717) is 12.8 Å². The molecule has 0 N–H and O–H groups in total. The third-order valence-corrected chi connectivity index (χ3v) is 6.38. The number of benzene rings is 2. The van der Waals surface area contributed by atoms with Crippen LogP contribution < -0.4 is 4.74 Å². The van der Waals surface area contributed by atoms with Crippen LogP contribution in [0.4, 0.5) is 13.2 Å². The fourth-order valence-corrected chi connectivity index (χ4v) is 4.62. The summed E-state index contributed by atoms with van der Waals surface area (Å²) in [4.78, 5) is 12.5. The third kappa shape index (κ3) is 4.36. The van der Waals surface area contributed by atoms with E-state index in [1.165, 1.54) is 28.6 Å². The van der Waals surface area contributed by atoms with Crippen molar-refractivity contribution in [3.05, 3.63) is 60.2 Å². The number of hydrogen-bond donors (Lipinski definition) is 0. The van der Waals surface area contributed by atoms with Crippen molar-refractivity contribution in [2.24, 2.45) is 5.92 Å². The molecule has 5 nitrogen and oxygen atoms in total. The lowest BCUT2D eigenvalue weighted by Crippen LogP contribution is -2.43. The van der Waals surface area contributed by atoms with Crippen LogP contribution in [0.15, 0.2) is 59.5 Å². The normalized spacial score (nSPS) is 18.6. The molecule has 0 aliphatic carbocycles. The van der Waals surface area contributed by atoms with Crippen molar-refractivity contribution in [2.75, 3.05) is 13.1 Å². The van der Waals surface area contributed by atoms with E-state index >= 15 is 0 Å². The number of hydrogen-bond acceptors (Lipinski definition) is 4. The third-order valence-electron chi connectivity index (χ3n) is 4.50. The zero-order valence-corrected chi connectivity index (χ0v) is 15.5. The molecule has 2 aromatic rings. The molecule has 1 aliphatic rings. The number of esters is 1. The lowest BCUT2D eigenvalue weighted by atomic mass is 10.00. The van der Waals surface area contributed by atoms with Gasteiger partial charge in [0.2, 0.25) is 10.0 Å². The summed E-state index contributed by atoms with van der Waals surface area (Å²) in [5.41, 5.74) is -1.05. The molecule has 0 amide bonds. The minimum Gasteiger partial charge on any atom is -0.426 e. The fraction of sp³-hybridized carbons (Fsp3) is 0.316. The molecule has 0 spiro atoms. The second-order valence-corrected chi connectivity index (χ2v) is 8.37. The summed E-state index contributed by atoms with van der Waals surface area (Å²) in [6.45, 7) is 0.102. The molecule has 28 heavy (non-hydrogen) atoms. The summed E-state index contributed by atoms with van der Waals surface area (Å²) in [5.74, 6) is -2.29. The molecule has 2 aromatic carbocycles. The minimum atomic E-state index is -4.66. The Bertz CT molecular complexity index is 945. The van der Waals surface area contributed by atoms with Crippen molar-refractivity contribution in [2.45, 2.75) is 23.9 Å². The molecule has 0 bridgehead atoms. The van der Waals surface area contributed by atoms with E-state index in [-0.39, 0.29) is 18.0 Å². The zero-order chi connectivity index (χ0) is 20.4. The van der Waals surface area contributed by atoms with Crippen molar-refractivity contribution < 1.29 is 31.1 Å². The zero-order valence-electron chi connectivity index (χ0n) is 14.7. The maximum absolute atomic E-state index is 13.1. The van der Waals surface area contributed by atoms with Gasteiger partial charge in [-0.3, -0.25) is 4.79 Å². The van der Waals surface area contributed by atoms with E-state index in [1.807, 2.05) is 0 Å². The van der Waals surface area contributed by atoms with Crippen molar-refractivity contribution >= 4 is 16.0 Å². The molecule has 1 aliphatic heterocycles. The smallest absolute Gasteiger partial charge is 0.419 e. The molecule has 1 heterocycles. The molecule has 9 heteroatoms. The molecule has 1 fully saturated rings. The van der Waals surface area contributed by atoms with Gasteiger partial charge in [-0.25, -0.2) is 8.42 Å². The van der Waals surface area contributed by atoms with Crippen LogP contribution in [-0.2, 0) is 21.0 Å². The largest absolute Gasteiger partial charge is 0.426 e. The first-order valence-electron chi connectivity index (χ1n) is 8.63. The second kappa shape index (κ2) is 7.92. The van der Waals surface area contributed by atoms with Crippen LogP contribution >= 0.6 is 0 Å². The number of carbonyl (C=O) groups excluding carboxylic acids is 1. The van der Waals surface area contributed by atoms with Crippen molar-refractivity contribution in [1.29, 1.82) is 0 Å². The Morgan fingerprint density at radius 1 is 1.04 bits per heavy atom. The Kier molecular flexibility index (Phi) is 5.76. The molecule has 0 radical (unpaired) electrons. The number of halogens is 3. The van der Waals surface area contributed by atoms with Crippen LogP contribution in [0.25, 0.3) is 0 Å². The average molecular weight is 413 g/mol. The lowest BCUT2D eigenvalue weighted by molar-refractivity contribution is -0.145. The number of sulfonamides is 1. The predicted molar refractivity (Wildman–Crippen MR) is 95.0 cm³/mol. The Morgan fingerprint density at radius 2 is 1.68 bits per heavy atom. The van der Waals surface area contributed by atoms with Crippen molar-refractivity contribution in [3.8, 4) is 5.75 Å². The van der Waals surface area contributed by atoms with Gasteiger partial charge >= 0.3 is 12.1 Å². The van der Waals surface area contributed by atoms with E-state index in [4.69, 9.17) is 4.74 Å². The highest BCUT2D eigenvalue weighted by atomic mass is 32.2. The van der Waals surface area contributed by atoms with Gasteiger partial charge in [0.05, 0.1) is 16.4 Å². The van der Waals surface area contributed by atoms with E-state index in [2.05, 4.69) is 0 Å². The monoisotopic (exact) mass is 413 g/mol. The first-order chi connectivity index (χ1) is 13.2. The molecule has 0 saturated carbocycles. The van der Waals surface area contributed by atoms with Crippen LogP contribution in [0.5, 0.6) is 5.75 Å². The number of nitrogens with zero attached hydrogens (tertiary/aromatic N) is 1. The number of para-hydroxylation sites is 1. The minimum absolute atomic E-state index is 0.103.